The van der Waals surface area contributed by atoms with Crippen molar-refractivity contribution in [3.63, 3.8) is 0 Å². The molecule has 3 rings (SSSR count). The first-order valence-electron chi connectivity index (χ1n) is 9.41. The Kier molecular flexibility index (Phi) is 6.57. The monoisotopic (exact) mass is 412 g/mol. The number of rotatable bonds is 7. The van der Waals surface area contributed by atoms with Crippen LogP contribution in [0.3, 0.4) is 0 Å². The van der Waals surface area contributed by atoms with Crippen LogP contribution >= 0.6 is 0 Å². The summed E-state index contributed by atoms with van der Waals surface area (Å²) < 4.78 is 49.1. The summed E-state index contributed by atoms with van der Waals surface area (Å²) in [5.41, 5.74) is -0.391. The minimum Gasteiger partial charge on any atom is -0.381 e. The van der Waals surface area contributed by atoms with Crippen molar-refractivity contribution in [2.45, 2.75) is 45.1 Å². The molecule has 154 valence electrons. The van der Waals surface area contributed by atoms with Crippen molar-refractivity contribution in [1.29, 1.82) is 0 Å². The molecule has 1 atom stereocenters. The fourth-order valence-corrected chi connectivity index (χ4v) is 4.46. The molecule has 9 heteroatoms. The van der Waals surface area contributed by atoms with Gasteiger partial charge in [0.25, 0.3) is 0 Å². The highest BCUT2D eigenvalue weighted by Gasteiger charge is 2.42. The number of aromatic nitrogens is 3. The number of nitrogens with one attached hydrogen (secondary N) is 1. The predicted molar refractivity (Wildman–Crippen MR) is 103 cm³/mol. The average molecular weight is 413 g/mol. The Morgan fingerprint density at radius 1 is 1.29 bits per heavy atom. The quantitative estimate of drug-likeness (QED) is 0.759. The number of aryl methyl sites for hydroxylation is 1. The summed E-state index contributed by atoms with van der Waals surface area (Å²) >= 11 is 0. The number of nitrogens with zero attached hydrogens (tertiary/aromatic N) is 3. The Hall–Kier alpha value is -1.71. The molecule has 1 aromatic heterocycles. The first-order chi connectivity index (χ1) is 13.4. The molecule has 28 heavy (non-hydrogen) atoms. The molecular formula is C19H26F2N4O2S. The molecule has 0 bridgehead atoms. The number of hydrogen-bond acceptors (Lipinski definition) is 4. The van der Waals surface area contributed by atoms with E-state index in [-0.39, 0.29) is 17.7 Å². The van der Waals surface area contributed by atoms with Crippen molar-refractivity contribution in [3.8, 4) is 0 Å². The Labute approximate surface area is 166 Å². The van der Waals surface area contributed by atoms with Crippen molar-refractivity contribution in [3.05, 3.63) is 46.5 Å². The molecule has 2 aromatic rings. The maximum absolute atomic E-state index is 15.2. The summed E-state index contributed by atoms with van der Waals surface area (Å²) in [6.45, 7) is 5.22. The van der Waals surface area contributed by atoms with E-state index in [0.717, 1.165) is 6.42 Å². The largest absolute Gasteiger partial charge is 0.381 e. The molecule has 0 amide bonds. The maximum Gasteiger partial charge on any atom is 0.161 e. The molecular weight excluding hydrogens is 386 g/mol. The van der Waals surface area contributed by atoms with Gasteiger partial charge in [0.1, 0.15) is 17.5 Å². The lowest BCUT2D eigenvalue weighted by Crippen LogP contribution is -2.37. The Morgan fingerprint density at radius 2 is 2.00 bits per heavy atom. The van der Waals surface area contributed by atoms with E-state index >= 15 is 4.39 Å². The highest BCUT2D eigenvalue weighted by atomic mass is 32.2. The second-order valence-electron chi connectivity index (χ2n) is 7.15. The Bertz CT molecular complexity index is 852. The molecule has 1 saturated heterocycles. The van der Waals surface area contributed by atoms with Crippen LogP contribution in [-0.2, 0) is 27.7 Å². The summed E-state index contributed by atoms with van der Waals surface area (Å²) in [4.78, 5) is 4.41. The SMILES string of the molecule is CCCN(Cc1cc(F)c(C2(c3n[nH]c(C)n3)CCOCC2)cc1F)S(C)=O. The number of H-pyrrole nitrogens is 1. The molecule has 0 aliphatic carbocycles. The Balaban J connectivity index is 2.01. The van der Waals surface area contributed by atoms with Crippen LogP contribution in [0.15, 0.2) is 12.1 Å². The lowest BCUT2D eigenvalue weighted by molar-refractivity contribution is 0.0593. The zero-order chi connectivity index (χ0) is 20.3. The zero-order valence-electron chi connectivity index (χ0n) is 16.4. The van der Waals surface area contributed by atoms with Gasteiger partial charge in [-0.1, -0.05) is 6.92 Å². The fraction of sp³-hybridized carbons (Fsp3) is 0.579. The van der Waals surface area contributed by atoms with Gasteiger partial charge in [0, 0.05) is 43.7 Å². The molecule has 1 unspecified atom stereocenters. The van der Waals surface area contributed by atoms with Crippen molar-refractivity contribution in [2.75, 3.05) is 26.0 Å². The molecule has 0 saturated carbocycles. The molecule has 1 fully saturated rings. The van der Waals surface area contributed by atoms with E-state index in [0.29, 0.717) is 44.2 Å². The zero-order valence-corrected chi connectivity index (χ0v) is 17.2. The smallest absolute Gasteiger partial charge is 0.161 e. The van der Waals surface area contributed by atoms with Gasteiger partial charge in [0.05, 0.1) is 16.4 Å². The highest BCUT2D eigenvalue weighted by molar-refractivity contribution is 7.81. The molecule has 1 aliphatic rings. The highest BCUT2D eigenvalue weighted by Crippen LogP contribution is 2.41. The van der Waals surface area contributed by atoms with Crippen molar-refractivity contribution in [1.82, 2.24) is 19.5 Å². The number of halogens is 2. The number of ether oxygens (including phenoxy) is 1. The summed E-state index contributed by atoms with van der Waals surface area (Å²) in [5.74, 6) is 0.0702. The number of aromatic amines is 1. The molecule has 2 heterocycles. The minimum absolute atomic E-state index is 0.0931. The summed E-state index contributed by atoms with van der Waals surface area (Å²) in [7, 11) is -1.26. The van der Waals surface area contributed by atoms with Gasteiger partial charge in [-0.3, -0.25) is 5.10 Å². The van der Waals surface area contributed by atoms with Crippen molar-refractivity contribution < 1.29 is 17.7 Å². The third-order valence-corrected chi connectivity index (χ3v) is 6.25. The van der Waals surface area contributed by atoms with Crippen LogP contribution in [0.5, 0.6) is 0 Å². The van der Waals surface area contributed by atoms with Crippen LogP contribution in [0.1, 0.15) is 49.0 Å². The van der Waals surface area contributed by atoms with Gasteiger partial charge < -0.3 is 4.74 Å². The van der Waals surface area contributed by atoms with Gasteiger partial charge in [-0.15, -0.1) is 0 Å². The summed E-state index contributed by atoms with van der Waals surface area (Å²) in [5, 5.41) is 7.05. The van der Waals surface area contributed by atoms with Crippen LogP contribution in [0.2, 0.25) is 0 Å². The first-order valence-corrected chi connectivity index (χ1v) is 10.9. The van der Waals surface area contributed by atoms with E-state index < -0.39 is 28.0 Å². The second kappa shape index (κ2) is 8.75. The van der Waals surface area contributed by atoms with E-state index in [1.807, 2.05) is 6.92 Å². The van der Waals surface area contributed by atoms with E-state index in [9.17, 15) is 8.60 Å². The topological polar surface area (TPSA) is 71.1 Å². The normalized spacial score (nSPS) is 17.8. The fourth-order valence-electron chi connectivity index (χ4n) is 3.70. The van der Waals surface area contributed by atoms with Crippen LogP contribution in [-0.4, -0.2) is 49.7 Å². The molecule has 1 aliphatic heterocycles. The summed E-state index contributed by atoms with van der Waals surface area (Å²) in [6.07, 6.45) is 3.26. The van der Waals surface area contributed by atoms with Crippen LogP contribution in [0.4, 0.5) is 8.78 Å². The molecule has 0 spiro atoms. The number of hydrogen-bond donors (Lipinski definition) is 1. The lowest BCUT2D eigenvalue weighted by Gasteiger charge is -2.35. The van der Waals surface area contributed by atoms with E-state index in [2.05, 4.69) is 15.2 Å². The van der Waals surface area contributed by atoms with E-state index in [4.69, 9.17) is 4.74 Å². The average Bonchev–Trinajstić information content (AvgIpc) is 3.11. The van der Waals surface area contributed by atoms with Gasteiger partial charge >= 0.3 is 0 Å². The summed E-state index contributed by atoms with van der Waals surface area (Å²) in [6, 6.07) is 2.47. The van der Waals surface area contributed by atoms with Crippen LogP contribution < -0.4 is 0 Å². The maximum atomic E-state index is 15.2. The molecule has 6 nitrogen and oxygen atoms in total. The lowest BCUT2D eigenvalue weighted by atomic mass is 9.73. The van der Waals surface area contributed by atoms with Gasteiger partial charge in [0.2, 0.25) is 0 Å². The Morgan fingerprint density at radius 3 is 2.57 bits per heavy atom. The number of benzene rings is 1. The minimum atomic E-state index is -1.26. The van der Waals surface area contributed by atoms with Gasteiger partial charge in [-0.25, -0.2) is 22.3 Å². The second-order valence-corrected chi connectivity index (χ2v) is 8.51. The van der Waals surface area contributed by atoms with E-state index in [1.165, 1.54) is 12.1 Å². The van der Waals surface area contributed by atoms with Crippen LogP contribution in [0, 0.1) is 18.6 Å². The third-order valence-electron chi connectivity index (χ3n) is 5.21. The van der Waals surface area contributed by atoms with Gasteiger partial charge in [-0.05, 0) is 38.3 Å². The van der Waals surface area contributed by atoms with Gasteiger partial charge in [0.15, 0.2) is 5.82 Å². The predicted octanol–water partition coefficient (Wildman–Crippen LogP) is 2.99. The molecule has 1 N–H and O–H groups in total. The van der Waals surface area contributed by atoms with E-state index in [1.54, 1.807) is 17.5 Å². The van der Waals surface area contributed by atoms with Crippen LogP contribution in [0.25, 0.3) is 0 Å². The molecule has 0 radical (unpaired) electrons. The standard InChI is InChI=1S/C19H26F2N4O2S/c1-4-7-25(28(3)26)12-14-10-17(21)15(11-16(14)20)19(5-8-27-9-6-19)18-22-13(2)23-24-18/h10-11H,4-9,12H2,1-3H3,(H,22,23,24). The van der Waals surface area contributed by atoms with Crippen molar-refractivity contribution >= 4 is 11.0 Å². The third kappa shape index (κ3) is 4.16. The molecule has 1 aromatic carbocycles. The van der Waals surface area contributed by atoms with Crippen molar-refractivity contribution in [2.24, 2.45) is 0 Å². The first kappa shape index (κ1) is 21.0. The van der Waals surface area contributed by atoms with Gasteiger partial charge in [-0.2, -0.15) is 5.10 Å².